The number of benzene rings is 1. The summed E-state index contributed by atoms with van der Waals surface area (Å²) in [7, 11) is 0. The third-order valence-corrected chi connectivity index (χ3v) is 4.78. The lowest BCUT2D eigenvalue weighted by Crippen LogP contribution is -2.28. The lowest BCUT2D eigenvalue weighted by molar-refractivity contribution is 0.0140. The minimum absolute atomic E-state index is 0.114. The molecular formula is C21H18FIN4O3. The van der Waals surface area contributed by atoms with Gasteiger partial charge in [0.15, 0.2) is 0 Å². The van der Waals surface area contributed by atoms with Crippen LogP contribution in [0.15, 0.2) is 49.5 Å². The minimum Gasteiger partial charge on any atom is -0.499 e. The molecule has 0 radical (unpaired) electrons. The second-order valence-electron chi connectivity index (χ2n) is 5.97. The molecule has 30 heavy (non-hydrogen) atoms. The number of carbonyl (C=O) groups excluding carboxylic acids is 1. The summed E-state index contributed by atoms with van der Waals surface area (Å²) < 4.78 is 21.8. The van der Waals surface area contributed by atoms with E-state index in [0.717, 1.165) is 3.57 Å². The highest BCUT2D eigenvalue weighted by atomic mass is 127. The number of hydroxylamine groups is 1. The molecule has 0 spiro atoms. The highest BCUT2D eigenvalue weighted by molar-refractivity contribution is 14.1. The number of hydrogen-bond donors (Lipinski definition) is 2. The van der Waals surface area contributed by atoms with Crippen LogP contribution < -0.4 is 10.8 Å². The van der Waals surface area contributed by atoms with Crippen molar-refractivity contribution in [1.82, 2.24) is 15.0 Å². The molecule has 1 amide bonds. The van der Waals surface area contributed by atoms with Gasteiger partial charge in [0.2, 0.25) is 0 Å². The molecule has 7 nitrogen and oxygen atoms in total. The molecule has 0 fully saturated rings. The van der Waals surface area contributed by atoms with E-state index in [1.165, 1.54) is 12.3 Å². The first-order chi connectivity index (χ1) is 14.6. The molecule has 3 aromatic rings. The molecule has 0 aliphatic carbocycles. The zero-order valence-electron chi connectivity index (χ0n) is 15.8. The number of anilines is 2. The van der Waals surface area contributed by atoms with Crippen molar-refractivity contribution in [3.63, 3.8) is 0 Å². The van der Waals surface area contributed by atoms with Crippen LogP contribution in [0, 0.1) is 21.7 Å². The van der Waals surface area contributed by atoms with Crippen molar-refractivity contribution >= 4 is 50.8 Å². The van der Waals surface area contributed by atoms with Crippen molar-refractivity contribution in [1.29, 1.82) is 0 Å². The van der Waals surface area contributed by atoms with Gasteiger partial charge in [-0.1, -0.05) is 12.5 Å². The van der Waals surface area contributed by atoms with Crippen LogP contribution in [-0.4, -0.2) is 28.7 Å². The fourth-order valence-electron chi connectivity index (χ4n) is 2.88. The Morgan fingerprint density at radius 2 is 2.23 bits per heavy atom. The summed E-state index contributed by atoms with van der Waals surface area (Å²) in [4.78, 5) is 22.3. The van der Waals surface area contributed by atoms with E-state index in [9.17, 15) is 9.18 Å². The first-order valence-electron chi connectivity index (χ1n) is 8.83. The molecule has 1 aromatic carbocycles. The van der Waals surface area contributed by atoms with E-state index in [0.29, 0.717) is 16.6 Å². The molecular weight excluding hydrogens is 502 g/mol. The SMILES string of the molecule is C#CCn1c(C(=O)NOCCOC=C)c(Nc2ccc(I)cc2F)c2cnccc21. The Labute approximate surface area is 186 Å². The largest absolute Gasteiger partial charge is 0.499 e. The van der Waals surface area contributed by atoms with Crippen LogP contribution in [0.5, 0.6) is 0 Å². The van der Waals surface area contributed by atoms with Crippen LogP contribution in [0.1, 0.15) is 10.5 Å². The molecule has 0 unspecified atom stereocenters. The zero-order valence-corrected chi connectivity index (χ0v) is 18.0. The van der Waals surface area contributed by atoms with Gasteiger partial charge < -0.3 is 14.6 Å². The van der Waals surface area contributed by atoms with Crippen molar-refractivity contribution in [3.05, 3.63) is 64.6 Å². The van der Waals surface area contributed by atoms with Gasteiger partial charge in [0.05, 0.1) is 29.7 Å². The van der Waals surface area contributed by atoms with Crippen molar-refractivity contribution in [3.8, 4) is 12.3 Å². The predicted octanol–water partition coefficient (Wildman–Crippen LogP) is 3.98. The molecule has 0 atom stereocenters. The molecule has 2 aromatic heterocycles. The van der Waals surface area contributed by atoms with E-state index < -0.39 is 11.7 Å². The second-order valence-corrected chi connectivity index (χ2v) is 7.22. The van der Waals surface area contributed by atoms with E-state index in [1.807, 2.05) is 22.6 Å². The smallest absolute Gasteiger partial charge is 0.293 e. The number of rotatable bonds is 9. The van der Waals surface area contributed by atoms with E-state index in [1.54, 1.807) is 35.2 Å². The zero-order chi connectivity index (χ0) is 21.5. The number of carbonyl (C=O) groups is 1. The Morgan fingerprint density at radius 1 is 1.40 bits per heavy atom. The van der Waals surface area contributed by atoms with Crippen LogP contribution in [0.25, 0.3) is 10.9 Å². The number of nitrogens with one attached hydrogen (secondary N) is 2. The number of ether oxygens (including phenoxy) is 1. The summed E-state index contributed by atoms with van der Waals surface area (Å²) in [5.74, 6) is 1.54. The minimum atomic E-state index is -0.548. The van der Waals surface area contributed by atoms with Crippen molar-refractivity contribution < 1.29 is 18.8 Å². The molecule has 9 heteroatoms. The third kappa shape index (κ3) is 4.72. The number of terminal acetylenes is 1. The molecule has 2 heterocycles. The molecule has 3 rings (SSSR count). The fourth-order valence-corrected chi connectivity index (χ4v) is 3.33. The van der Waals surface area contributed by atoms with Gasteiger partial charge in [-0.25, -0.2) is 9.87 Å². The van der Waals surface area contributed by atoms with E-state index in [4.69, 9.17) is 16.0 Å². The van der Waals surface area contributed by atoms with Crippen molar-refractivity contribution in [2.75, 3.05) is 18.5 Å². The van der Waals surface area contributed by atoms with E-state index in [2.05, 4.69) is 28.3 Å². The third-order valence-electron chi connectivity index (χ3n) is 4.11. The summed E-state index contributed by atoms with van der Waals surface area (Å²) in [6.45, 7) is 3.89. The summed E-state index contributed by atoms with van der Waals surface area (Å²) >= 11 is 2.02. The maximum absolute atomic E-state index is 14.5. The number of halogens is 2. The van der Waals surface area contributed by atoms with Crippen LogP contribution >= 0.6 is 22.6 Å². The van der Waals surface area contributed by atoms with Gasteiger partial charge in [-0.05, 0) is 46.9 Å². The van der Waals surface area contributed by atoms with Crippen molar-refractivity contribution in [2.45, 2.75) is 6.54 Å². The molecule has 0 aliphatic rings. The van der Waals surface area contributed by atoms with Crippen LogP contribution in [0.3, 0.4) is 0 Å². The molecule has 2 N–H and O–H groups in total. The monoisotopic (exact) mass is 520 g/mol. The maximum Gasteiger partial charge on any atom is 0.293 e. The number of amides is 1. The fraction of sp³-hybridized carbons (Fsp3) is 0.143. The Balaban J connectivity index is 2.03. The van der Waals surface area contributed by atoms with Crippen LogP contribution in [-0.2, 0) is 16.1 Å². The standard InChI is InChI=1S/C21H18FIN4O3/c1-3-9-27-18-7-8-24-13-15(18)19(25-17-6-5-14(23)12-16(17)22)20(27)21(28)26-30-11-10-29-4-2/h1,4-8,12-13,25H,2,9-11H2,(H,26,28). The highest BCUT2D eigenvalue weighted by Gasteiger charge is 2.24. The van der Waals surface area contributed by atoms with Crippen LogP contribution in [0.2, 0.25) is 0 Å². The summed E-state index contributed by atoms with van der Waals surface area (Å²) in [5, 5.41) is 3.64. The van der Waals surface area contributed by atoms with Gasteiger partial charge in [-0.3, -0.25) is 14.6 Å². The highest BCUT2D eigenvalue weighted by Crippen LogP contribution is 2.34. The van der Waals surface area contributed by atoms with Crippen LogP contribution in [0.4, 0.5) is 15.8 Å². The molecule has 0 bridgehead atoms. The molecule has 0 saturated carbocycles. The topological polar surface area (TPSA) is 77.4 Å². The number of fused-ring (bicyclic) bond motifs is 1. The molecule has 0 saturated heterocycles. The number of aromatic nitrogens is 2. The lowest BCUT2D eigenvalue weighted by atomic mass is 10.2. The van der Waals surface area contributed by atoms with E-state index in [-0.39, 0.29) is 31.1 Å². The maximum atomic E-state index is 14.5. The van der Waals surface area contributed by atoms with Gasteiger partial charge in [0.1, 0.15) is 24.7 Å². The van der Waals surface area contributed by atoms with Crippen molar-refractivity contribution in [2.24, 2.45) is 0 Å². The Hall–Kier alpha value is -3.10. The van der Waals surface area contributed by atoms with Gasteiger partial charge in [0.25, 0.3) is 5.91 Å². The number of pyridine rings is 1. The summed E-state index contributed by atoms with van der Waals surface area (Å²) in [6, 6.07) is 6.48. The van der Waals surface area contributed by atoms with Gasteiger partial charge in [-0.15, -0.1) is 6.42 Å². The first kappa shape index (κ1) is 21.6. The van der Waals surface area contributed by atoms with Gasteiger partial charge in [0, 0.05) is 21.4 Å². The Morgan fingerprint density at radius 3 is 2.97 bits per heavy atom. The molecule has 154 valence electrons. The predicted molar refractivity (Wildman–Crippen MR) is 121 cm³/mol. The summed E-state index contributed by atoms with van der Waals surface area (Å²) in [6.07, 6.45) is 9.98. The van der Waals surface area contributed by atoms with Gasteiger partial charge in [-0.2, -0.15) is 0 Å². The Kier molecular flexibility index (Phi) is 7.26. The normalized spacial score (nSPS) is 10.4. The second kappa shape index (κ2) is 10.1. The molecule has 0 aliphatic heterocycles. The number of nitrogens with zero attached hydrogens (tertiary/aromatic N) is 2. The first-order valence-corrected chi connectivity index (χ1v) is 9.91. The average molecular weight is 520 g/mol. The van der Waals surface area contributed by atoms with Gasteiger partial charge >= 0.3 is 0 Å². The van der Waals surface area contributed by atoms with E-state index >= 15 is 0 Å². The summed E-state index contributed by atoms with van der Waals surface area (Å²) in [5.41, 5.74) is 3.83. The Bertz CT molecular complexity index is 1120. The average Bonchev–Trinajstić information content (AvgIpc) is 3.04. The quantitative estimate of drug-likeness (QED) is 0.147. The lowest BCUT2D eigenvalue weighted by Gasteiger charge is -2.12. The number of hydrogen-bond acceptors (Lipinski definition) is 5.